The average Bonchev–Trinajstić information content (AvgIpc) is 2.92. The van der Waals surface area contributed by atoms with Gasteiger partial charge in [0.15, 0.2) is 5.03 Å². The number of hydrogen-bond donors (Lipinski definition) is 1. The van der Waals surface area contributed by atoms with Crippen molar-refractivity contribution in [3.8, 4) is 5.75 Å². The van der Waals surface area contributed by atoms with Crippen LogP contribution in [0.4, 0.5) is 0 Å². The lowest BCUT2D eigenvalue weighted by atomic mass is 10.2. The van der Waals surface area contributed by atoms with Gasteiger partial charge in [0.2, 0.25) is 0 Å². The maximum atomic E-state index is 12.4. The number of nitrogens with one attached hydrogen (secondary N) is 1. The minimum absolute atomic E-state index is 0.106. The Morgan fingerprint density at radius 2 is 2.18 bits per heavy atom. The van der Waals surface area contributed by atoms with Crippen LogP contribution in [0.25, 0.3) is 0 Å². The van der Waals surface area contributed by atoms with Gasteiger partial charge >= 0.3 is 0 Å². The normalized spacial score (nSPS) is 16.5. The fourth-order valence-corrected chi connectivity index (χ4v) is 3.78. The lowest BCUT2D eigenvalue weighted by Crippen LogP contribution is -2.56. The van der Waals surface area contributed by atoms with Crippen molar-refractivity contribution in [2.45, 2.75) is 31.4 Å². The molecule has 2 heterocycles. The minimum Gasteiger partial charge on any atom is -0.488 e. The number of sulfonamides is 1. The Morgan fingerprint density at radius 1 is 1.41 bits per heavy atom. The molecule has 6 nitrogen and oxygen atoms in total. The van der Waals surface area contributed by atoms with Crippen LogP contribution in [0.1, 0.15) is 18.3 Å². The first kappa shape index (κ1) is 15.1. The van der Waals surface area contributed by atoms with E-state index in [1.807, 2.05) is 38.1 Å². The summed E-state index contributed by atoms with van der Waals surface area (Å²) in [4.78, 5) is 6.89. The summed E-state index contributed by atoms with van der Waals surface area (Å²) in [6, 6.07) is 7.74. The number of ether oxygens (including phenoxy) is 1. The molecule has 1 N–H and O–H groups in total. The van der Waals surface area contributed by atoms with E-state index in [0.29, 0.717) is 25.3 Å². The molecule has 0 atom stereocenters. The summed E-state index contributed by atoms with van der Waals surface area (Å²) in [6.07, 6.45) is 1.95. The molecule has 0 aliphatic carbocycles. The standard InChI is InChI=1S/C15H19N3O3S/c1-3-14-16-8-15(17-14)22(19,20)18-9-13(10-18)21-12-6-4-5-11(2)7-12/h4-8,13H,3,9-10H2,1-2H3,(H,16,17). The molecule has 0 amide bonds. The molecule has 0 radical (unpaired) electrons. The third-order valence-corrected chi connectivity index (χ3v) is 5.41. The summed E-state index contributed by atoms with van der Waals surface area (Å²) in [7, 11) is -3.49. The van der Waals surface area contributed by atoms with Gasteiger partial charge < -0.3 is 9.72 Å². The van der Waals surface area contributed by atoms with Crippen LogP contribution in [0.2, 0.25) is 0 Å². The molecular weight excluding hydrogens is 302 g/mol. The Hall–Kier alpha value is -1.86. The van der Waals surface area contributed by atoms with Crippen LogP contribution >= 0.6 is 0 Å². The van der Waals surface area contributed by atoms with Gasteiger partial charge in [0.05, 0.1) is 19.3 Å². The second-order valence-electron chi connectivity index (χ2n) is 5.43. The number of hydrogen-bond acceptors (Lipinski definition) is 4. The van der Waals surface area contributed by atoms with E-state index in [0.717, 1.165) is 11.3 Å². The van der Waals surface area contributed by atoms with Crippen molar-refractivity contribution in [2.24, 2.45) is 0 Å². The van der Waals surface area contributed by atoms with Crippen molar-refractivity contribution in [1.82, 2.24) is 14.3 Å². The van der Waals surface area contributed by atoms with Crippen molar-refractivity contribution in [3.63, 3.8) is 0 Å². The van der Waals surface area contributed by atoms with Crippen molar-refractivity contribution in [1.29, 1.82) is 0 Å². The topological polar surface area (TPSA) is 75.3 Å². The molecule has 22 heavy (non-hydrogen) atoms. The van der Waals surface area contributed by atoms with Gasteiger partial charge in [-0.3, -0.25) is 0 Å². The molecule has 118 valence electrons. The summed E-state index contributed by atoms with van der Waals surface area (Å²) >= 11 is 0. The van der Waals surface area contributed by atoms with Crippen LogP contribution < -0.4 is 4.74 Å². The first-order valence-corrected chi connectivity index (χ1v) is 8.70. The third kappa shape index (κ3) is 2.86. The summed E-state index contributed by atoms with van der Waals surface area (Å²) in [5.74, 6) is 1.45. The van der Waals surface area contributed by atoms with Crippen LogP contribution in [-0.4, -0.2) is 41.9 Å². The molecule has 1 aromatic carbocycles. The predicted molar refractivity (Wildman–Crippen MR) is 82.3 cm³/mol. The van der Waals surface area contributed by atoms with E-state index in [4.69, 9.17) is 4.74 Å². The van der Waals surface area contributed by atoms with Gasteiger partial charge in [0, 0.05) is 6.42 Å². The molecule has 0 saturated carbocycles. The van der Waals surface area contributed by atoms with E-state index in [1.165, 1.54) is 10.5 Å². The Labute approximate surface area is 130 Å². The van der Waals surface area contributed by atoms with E-state index >= 15 is 0 Å². The van der Waals surface area contributed by atoms with E-state index in [9.17, 15) is 8.42 Å². The first-order chi connectivity index (χ1) is 10.5. The second kappa shape index (κ2) is 5.73. The number of benzene rings is 1. The molecule has 1 aliphatic heterocycles. The van der Waals surface area contributed by atoms with Crippen LogP contribution in [0, 0.1) is 6.92 Å². The largest absolute Gasteiger partial charge is 0.488 e. The summed E-state index contributed by atoms with van der Waals surface area (Å²) < 4.78 is 32.0. The van der Waals surface area contributed by atoms with Gasteiger partial charge in [0.25, 0.3) is 10.0 Å². The van der Waals surface area contributed by atoms with Crippen LogP contribution in [0.3, 0.4) is 0 Å². The highest BCUT2D eigenvalue weighted by atomic mass is 32.2. The second-order valence-corrected chi connectivity index (χ2v) is 7.33. The summed E-state index contributed by atoms with van der Waals surface area (Å²) in [5.41, 5.74) is 1.12. The van der Waals surface area contributed by atoms with Gasteiger partial charge in [-0.15, -0.1) is 0 Å². The quantitative estimate of drug-likeness (QED) is 0.910. The number of aromatic amines is 1. The lowest BCUT2D eigenvalue weighted by molar-refractivity contribution is 0.0760. The number of imidazole rings is 1. The van der Waals surface area contributed by atoms with E-state index < -0.39 is 10.0 Å². The third-order valence-electron chi connectivity index (χ3n) is 3.66. The van der Waals surface area contributed by atoms with Gasteiger partial charge in [-0.05, 0) is 24.6 Å². The molecule has 1 fully saturated rings. The molecule has 3 rings (SSSR count). The predicted octanol–water partition coefficient (Wildman–Crippen LogP) is 1.73. The molecule has 1 aliphatic rings. The average molecular weight is 321 g/mol. The van der Waals surface area contributed by atoms with Crippen LogP contribution in [0.5, 0.6) is 5.75 Å². The van der Waals surface area contributed by atoms with Gasteiger partial charge in [-0.25, -0.2) is 13.4 Å². The molecule has 2 aromatic rings. The highest BCUT2D eigenvalue weighted by Crippen LogP contribution is 2.24. The molecule has 0 bridgehead atoms. The Kier molecular flexibility index (Phi) is 3.92. The molecule has 1 aromatic heterocycles. The maximum absolute atomic E-state index is 12.4. The Balaban J connectivity index is 1.62. The van der Waals surface area contributed by atoms with E-state index in [-0.39, 0.29) is 11.1 Å². The fraction of sp³-hybridized carbons (Fsp3) is 0.400. The Morgan fingerprint density at radius 3 is 2.82 bits per heavy atom. The summed E-state index contributed by atoms with van der Waals surface area (Å²) in [6.45, 7) is 4.63. The van der Waals surface area contributed by atoms with Crippen molar-refractivity contribution >= 4 is 10.0 Å². The molecule has 1 saturated heterocycles. The smallest absolute Gasteiger partial charge is 0.260 e. The zero-order valence-corrected chi connectivity index (χ0v) is 13.4. The molecule has 7 heteroatoms. The number of rotatable bonds is 5. The molecule has 0 unspecified atom stereocenters. The Bertz CT molecular complexity index is 764. The maximum Gasteiger partial charge on any atom is 0.260 e. The highest BCUT2D eigenvalue weighted by molar-refractivity contribution is 7.89. The van der Waals surface area contributed by atoms with Crippen molar-refractivity contribution in [3.05, 3.63) is 41.9 Å². The molecule has 0 spiro atoms. The fourth-order valence-electron chi connectivity index (χ4n) is 2.35. The number of nitrogens with zero attached hydrogens (tertiary/aromatic N) is 2. The monoisotopic (exact) mass is 321 g/mol. The van der Waals surface area contributed by atoms with Crippen LogP contribution in [-0.2, 0) is 16.4 Å². The summed E-state index contributed by atoms with van der Waals surface area (Å²) in [5, 5.41) is 0.151. The van der Waals surface area contributed by atoms with E-state index in [1.54, 1.807) is 0 Å². The zero-order valence-electron chi connectivity index (χ0n) is 12.6. The molecular formula is C15H19N3O3S. The number of H-pyrrole nitrogens is 1. The highest BCUT2D eigenvalue weighted by Gasteiger charge is 2.39. The van der Waals surface area contributed by atoms with Crippen molar-refractivity contribution in [2.75, 3.05) is 13.1 Å². The SMILES string of the molecule is CCc1ncc(S(=O)(=O)N2CC(Oc3cccc(C)c3)C2)[nH]1. The minimum atomic E-state index is -3.49. The first-order valence-electron chi connectivity index (χ1n) is 7.26. The lowest BCUT2D eigenvalue weighted by Gasteiger charge is -2.37. The van der Waals surface area contributed by atoms with Crippen LogP contribution in [0.15, 0.2) is 35.5 Å². The number of aryl methyl sites for hydroxylation is 2. The van der Waals surface area contributed by atoms with E-state index in [2.05, 4.69) is 9.97 Å². The van der Waals surface area contributed by atoms with Gasteiger partial charge in [-0.2, -0.15) is 4.31 Å². The zero-order chi connectivity index (χ0) is 15.7. The van der Waals surface area contributed by atoms with Crippen molar-refractivity contribution < 1.29 is 13.2 Å². The number of aromatic nitrogens is 2. The van der Waals surface area contributed by atoms with Gasteiger partial charge in [-0.1, -0.05) is 19.1 Å². The van der Waals surface area contributed by atoms with Gasteiger partial charge in [0.1, 0.15) is 17.7 Å².